The van der Waals surface area contributed by atoms with Gasteiger partial charge in [0.15, 0.2) is 0 Å². The summed E-state index contributed by atoms with van der Waals surface area (Å²) < 4.78 is 40.1. The van der Waals surface area contributed by atoms with Crippen molar-refractivity contribution in [2.45, 2.75) is 33.4 Å². The van der Waals surface area contributed by atoms with Gasteiger partial charge in [-0.3, -0.25) is 0 Å². The maximum Gasteiger partial charge on any atom is 0.416 e. The highest BCUT2D eigenvalue weighted by molar-refractivity contribution is 5.87. The summed E-state index contributed by atoms with van der Waals surface area (Å²) in [4.78, 5) is 0. The van der Waals surface area contributed by atoms with Crippen molar-refractivity contribution in [2.75, 3.05) is 27.2 Å². The molecule has 0 radical (unpaired) electrons. The first-order valence-electron chi connectivity index (χ1n) is 9.10. The number of halogens is 3. The van der Waals surface area contributed by atoms with Gasteiger partial charge >= 0.3 is 6.18 Å². The minimum atomic E-state index is -4.38. The van der Waals surface area contributed by atoms with E-state index in [-0.39, 0.29) is 0 Å². The molecular weight excluding hydrogens is 351 g/mol. The summed E-state index contributed by atoms with van der Waals surface area (Å²) in [5, 5.41) is 5.07. The smallest absolute Gasteiger partial charge is 0.313 e. The van der Waals surface area contributed by atoms with Crippen molar-refractivity contribution in [2.24, 2.45) is 0 Å². The van der Waals surface area contributed by atoms with E-state index in [0.717, 1.165) is 30.6 Å². The van der Waals surface area contributed by atoms with Gasteiger partial charge in [0.1, 0.15) is 0 Å². The predicted octanol–water partition coefficient (Wildman–Crippen LogP) is 4.85. The summed E-state index contributed by atoms with van der Waals surface area (Å²) in [6.07, 6.45) is 0.304. The molecule has 2 rings (SSSR count). The van der Waals surface area contributed by atoms with Gasteiger partial charge < -0.3 is 10.3 Å². The first kappa shape index (κ1) is 21.3. The van der Waals surface area contributed by atoms with Crippen LogP contribution in [-0.4, -0.2) is 32.2 Å². The van der Waals surface area contributed by atoms with Crippen LogP contribution in [0.2, 0.25) is 0 Å². The summed E-state index contributed by atoms with van der Waals surface area (Å²) in [7, 11) is 3.54. The molecule has 1 aliphatic rings. The fourth-order valence-corrected chi connectivity index (χ4v) is 3.48. The molecule has 0 aliphatic carbocycles. The second-order valence-electron chi connectivity index (χ2n) is 6.60. The normalized spacial score (nSPS) is 16.7. The zero-order valence-corrected chi connectivity index (χ0v) is 16.6. The Bertz CT molecular complexity index is 773. The molecular formula is C21H28F3N3. The number of benzene rings is 1. The van der Waals surface area contributed by atoms with Gasteiger partial charge in [0, 0.05) is 26.2 Å². The molecule has 0 saturated carbocycles. The molecule has 0 atom stereocenters. The Kier molecular flexibility index (Phi) is 6.89. The maximum atomic E-state index is 13.4. The van der Waals surface area contributed by atoms with Gasteiger partial charge in [-0.1, -0.05) is 23.8 Å². The Hall–Kier alpha value is -2.05. The zero-order valence-electron chi connectivity index (χ0n) is 16.6. The van der Waals surface area contributed by atoms with Gasteiger partial charge in [-0.2, -0.15) is 13.2 Å². The average Bonchev–Trinajstić information content (AvgIpc) is 2.64. The van der Waals surface area contributed by atoms with E-state index in [1.54, 1.807) is 25.2 Å². The standard InChI is InChI=1S/C21H28F3N3/c1-6-16(17-10-11-26-13-14(17)3)18-9-8-15(21(22,23)24)12-19(18)20(7-2)27(5)25-4/h6-9,12,25-26H,10-11,13H2,1-5H3. The lowest BCUT2D eigenvalue weighted by Crippen LogP contribution is -2.29. The largest absolute Gasteiger partial charge is 0.416 e. The molecule has 0 aromatic heterocycles. The fourth-order valence-electron chi connectivity index (χ4n) is 3.48. The van der Waals surface area contributed by atoms with Gasteiger partial charge in [0.05, 0.1) is 11.3 Å². The number of hydrogen-bond acceptors (Lipinski definition) is 3. The minimum absolute atomic E-state index is 0.566. The number of nitrogens with zero attached hydrogens (tertiary/aromatic N) is 1. The van der Waals surface area contributed by atoms with Crippen LogP contribution in [0.3, 0.4) is 0 Å². The Labute approximate surface area is 159 Å². The third-order valence-corrected chi connectivity index (χ3v) is 4.95. The van der Waals surface area contributed by atoms with Gasteiger partial charge in [0.2, 0.25) is 0 Å². The van der Waals surface area contributed by atoms with E-state index < -0.39 is 11.7 Å². The lowest BCUT2D eigenvalue weighted by Gasteiger charge is -2.27. The molecule has 2 N–H and O–H groups in total. The molecule has 148 valence electrons. The summed E-state index contributed by atoms with van der Waals surface area (Å²) in [6.45, 7) is 7.52. The first-order chi connectivity index (χ1) is 12.7. The Balaban J connectivity index is 2.71. The monoisotopic (exact) mass is 379 g/mol. The van der Waals surface area contributed by atoms with Crippen LogP contribution in [0.25, 0.3) is 11.3 Å². The fraction of sp³-hybridized carbons (Fsp3) is 0.429. The lowest BCUT2D eigenvalue weighted by molar-refractivity contribution is -0.137. The molecule has 0 spiro atoms. The van der Waals surface area contributed by atoms with Crippen molar-refractivity contribution in [1.29, 1.82) is 0 Å². The topological polar surface area (TPSA) is 27.3 Å². The van der Waals surface area contributed by atoms with E-state index in [1.807, 2.05) is 26.0 Å². The number of rotatable bonds is 5. The van der Waals surface area contributed by atoms with Crippen LogP contribution in [-0.2, 0) is 6.18 Å². The summed E-state index contributed by atoms with van der Waals surface area (Å²) in [5.74, 6) is 0. The van der Waals surface area contributed by atoms with Crippen LogP contribution in [0.1, 0.15) is 43.9 Å². The van der Waals surface area contributed by atoms with Crippen LogP contribution >= 0.6 is 0 Å². The van der Waals surface area contributed by atoms with Crippen LogP contribution in [0, 0.1) is 0 Å². The first-order valence-corrected chi connectivity index (χ1v) is 9.10. The van der Waals surface area contributed by atoms with Gasteiger partial charge in [-0.05, 0) is 62.6 Å². The molecule has 0 amide bonds. The summed E-state index contributed by atoms with van der Waals surface area (Å²) in [6, 6.07) is 4.02. The molecule has 0 bridgehead atoms. The third kappa shape index (κ3) is 4.62. The quantitative estimate of drug-likeness (QED) is 0.717. The molecule has 1 aliphatic heterocycles. The van der Waals surface area contributed by atoms with Gasteiger partial charge in [0.25, 0.3) is 0 Å². The van der Waals surface area contributed by atoms with Crippen LogP contribution in [0.5, 0.6) is 0 Å². The zero-order chi connectivity index (χ0) is 20.2. The molecule has 0 unspecified atom stereocenters. The molecule has 0 saturated heterocycles. The predicted molar refractivity (Wildman–Crippen MR) is 106 cm³/mol. The van der Waals surface area contributed by atoms with E-state index in [1.165, 1.54) is 23.3 Å². The van der Waals surface area contributed by atoms with Crippen molar-refractivity contribution in [3.8, 4) is 0 Å². The Morgan fingerprint density at radius 3 is 2.41 bits per heavy atom. The number of hydrazine groups is 1. The van der Waals surface area contributed by atoms with Crippen molar-refractivity contribution in [3.05, 3.63) is 58.2 Å². The number of nitrogens with one attached hydrogen (secondary N) is 2. The Morgan fingerprint density at radius 2 is 1.89 bits per heavy atom. The van der Waals surface area contributed by atoms with Gasteiger partial charge in [-0.25, -0.2) is 5.43 Å². The average molecular weight is 379 g/mol. The van der Waals surface area contributed by atoms with E-state index >= 15 is 0 Å². The van der Waals surface area contributed by atoms with Crippen LogP contribution < -0.4 is 10.7 Å². The van der Waals surface area contributed by atoms with Crippen LogP contribution in [0.4, 0.5) is 13.2 Å². The second kappa shape index (κ2) is 8.76. The molecule has 3 nitrogen and oxygen atoms in total. The van der Waals surface area contributed by atoms with Gasteiger partial charge in [-0.15, -0.1) is 0 Å². The Morgan fingerprint density at radius 1 is 1.19 bits per heavy atom. The van der Waals surface area contributed by atoms with Crippen molar-refractivity contribution in [1.82, 2.24) is 15.8 Å². The number of allylic oxidation sites excluding steroid dienone is 3. The number of hydrogen-bond donors (Lipinski definition) is 2. The van der Waals surface area contributed by atoms with Crippen molar-refractivity contribution in [3.63, 3.8) is 0 Å². The SMILES string of the molecule is CC=C(C1=C(C)CNCC1)c1ccc(C(F)(F)F)cc1C(=CC)N(C)NC. The van der Waals surface area contributed by atoms with E-state index in [0.29, 0.717) is 11.3 Å². The third-order valence-electron chi connectivity index (χ3n) is 4.95. The summed E-state index contributed by atoms with van der Waals surface area (Å²) >= 11 is 0. The van der Waals surface area contributed by atoms with E-state index in [9.17, 15) is 13.2 Å². The number of alkyl halides is 3. The lowest BCUT2D eigenvalue weighted by atomic mass is 9.86. The molecule has 0 fully saturated rings. The maximum absolute atomic E-state index is 13.4. The highest BCUT2D eigenvalue weighted by Gasteiger charge is 2.32. The minimum Gasteiger partial charge on any atom is -0.313 e. The van der Waals surface area contributed by atoms with Crippen molar-refractivity contribution < 1.29 is 13.2 Å². The molecule has 27 heavy (non-hydrogen) atoms. The molecule has 1 aromatic rings. The highest BCUT2D eigenvalue weighted by atomic mass is 19.4. The van der Waals surface area contributed by atoms with Crippen molar-refractivity contribution >= 4 is 11.3 Å². The molecule has 1 heterocycles. The van der Waals surface area contributed by atoms with E-state index in [4.69, 9.17) is 0 Å². The molecule has 6 heteroatoms. The second-order valence-corrected chi connectivity index (χ2v) is 6.60. The molecule has 1 aromatic carbocycles. The highest BCUT2D eigenvalue weighted by Crippen LogP contribution is 2.38. The summed E-state index contributed by atoms with van der Waals surface area (Å²) in [5.41, 5.74) is 7.86. The van der Waals surface area contributed by atoms with E-state index in [2.05, 4.69) is 17.7 Å². The van der Waals surface area contributed by atoms with Crippen LogP contribution in [0.15, 0.2) is 41.5 Å².